The summed E-state index contributed by atoms with van der Waals surface area (Å²) in [7, 11) is -4.16. The maximum Gasteiger partial charge on any atom is 0.285 e. The second-order valence-electron chi connectivity index (χ2n) is 7.99. The summed E-state index contributed by atoms with van der Waals surface area (Å²) >= 11 is 7.29. The van der Waals surface area contributed by atoms with Gasteiger partial charge in [-0.2, -0.15) is 18.5 Å². The molecule has 0 saturated heterocycles. The molecule has 11 heteroatoms. The molecule has 37 heavy (non-hydrogen) atoms. The molecule has 3 aromatic rings. The smallest absolute Gasteiger partial charge is 0.285 e. The molecule has 188 valence electrons. The van der Waals surface area contributed by atoms with E-state index in [0.717, 1.165) is 16.8 Å². The van der Waals surface area contributed by atoms with Crippen molar-refractivity contribution in [1.82, 2.24) is 5.01 Å². The average Bonchev–Trinajstić information content (AvgIpc) is 2.93. The van der Waals surface area contributed by atoms with Crippen LogP contribution in [0.3, 0.4) is 0 Å². The number of guanidine groups is 1. The van der Waals surface area contributed by atoms with Gasteiger partial charge in [0.15, 0.2) is 10.9 Å². The molecule has 1 aliphatic rings. The van der Waals surface area contributed by atoms with Crippen LogP contribution >= 0.6 is 23.4 Å². The van der Waals surface area contributed by atoms with E-state index in [9.17, 15) is 8.42 Å². The van der Waals surface area contributed by atoms with Crippen molar-refractivity contribution in [2.24, 2.45) is 20.2 Å². The van der Waals surface area contributed by atoms with E-state index < -0.39 is 10.0 Å². The Morgan fingerprint density at radius 1 is 1.11 bits per heavy atom. The van der Waals surface area contributed by atoms with Crippen LogP contribution in [-0.2, 0) is 10.0 Å². The zero-order valence-corrected chi connectivity index (χ0v) is 22.2. The fourth-order valence-electron chi connectivity index (χ4n) is 3.79. The number of aliphatic imine (C=N–C) groups is 1. The Bertz CT molecular complexity index is 1500. The van der Waals surface area contributed by atoms with E-state index in [1.54, 1.807) is 18.4 Å². The van der Waals surface area contributed by atoms with E-state index in [2.05, 4.69) is 14.2 Å². The summed E-state index contributed by atoms with van der Waals surface area (Å²) in [5.74, 6) is -0.168. The standard InChI is InChI=1S/C26H23ClN6O2S2/c1-29-21-12-14-22(15-13-21)37(34,35)32-26(30-25(28)36-2)33-17-16-23(18-6-4-3-5-7-18)24(31-33)19-8-10-20(27)11-9-19/h3-15,23H,16-17H2,2H3,(H2,28,30,32). The molecule has 0 aromatic heterocycles. The number of benzene rings is 3. The number of hydrogen-bond acceptors (Lipinski definition) is 4. The Morgan fingerprint density at radius 3 is 2.41 bits per heavy atom. The van der Waals surface area contributed by atoms with Crippen molar-refractivity contribution in [3.05, 3.63) is 106 Å². The van der Waals surface area contributed by atoms with E-state index in [1.807, 2.05) is 42.5 Å². The highest BCUT2D eigenvalue weighted by molar-refractivity contribution is 8.13. The van der Waals surface area contributed by atoms with E-state index in [0.29, 0.717) is 23.7 Å². The van der Waals surface area contributed by atoms with Gasteiger partial charge in [-0.3, -0.25) is 0 Å². The summed E-state index contributed by atoms with van der Waals surface area (Å²) in [6.07, 6.45) is 2.37. The lowest BCUT2D eigenvalue weighted by Gasteiger charge is -2.30. The molecule has 1 aliphatic heterocycles. The molecule has 1 atom stereocenters. The third-order valence-electron chi connectivity index (χ3n) is 5.65. The number of nitrogens with zero attached hydrogens (tertiary/aromatic N) is 5. The minimum Gasteiger partial charge on any atom is -0.378 e. The number of hydrazone groups is 1. The van der Waals surface area contributed by atoms with Gasteiger partial charge in [-0.05, 0) is 35.9 Å². The lowest BCUT2D eigenvalue weighted by molar-refractivity contribution is 0.400. The Kier molecular flexibility index (Phi) is 8.28. The van der Waals surface area contributed by atoms with Gasteiger partial charge in [0.25, 0.3) is 16.0 Å². The van der Waals surface area contributed by atoms with Gasteiger partial charge in [-0.25, -0.2) is 9.85 Å². The predicted molar refractivity (Wildman–Crippen MR) is 151 cm³/mol. The third-order valence-corrected chi connectivity index (χ3v) is 7.68. The molecular weight excluding hydrogens is 528 g/mol. The van der Waals surface area contributed by atoms with Crippen LogP contribution in [0.2, 0.25) is 5.02 Å². The van der Waals surface area contributed by atoms with Gasteiger partial charge in [-0.1, -0.05) is 90.1 Å². The first-order valence-corrected chi connectivity index (χ1v) is 14.2. The molecule has 1 unspecified atom stereocenters. The van der Waals surface area contributed by atoms with E-state index in [-0.39, 0.29) is 21.9 Å². The minimum atomic E-state index is -4.16. The van der Waals surface area contributed by atoms with Crippen molar-refractivity contribution in [3.63, 3.8) is 0 Å². The van der Waals surface area contributed by atoms with Crippen molar-refractivity contribution >= 4 is 55.9 Å². The summed E-state index contributed by atoms with van der Waals surface area (Å²) < 4.78 is 30.3. The predicted octanol–water partition coefficient (Wildman–Crippen LogP) is 5.51. The molecule has 4 rings (SSSR count). The first kappa shape index (κ1) is 26.4. The molecule has 2 N–H and O–H groups in total. The van der Waals surface area contributed by atoms with Crippen LogP contribution in [0.15, 0.2) is 98.2 Å². The number of thioether (sulfide) groups is 1. The highest BCUT2D eigenvalue weighted by Crippen LogP contribution is 2.30. The maximum absolute atomic E-state index is 13.2. The SMILES string of the molecule is [C-]#[N+]c1ccc(S(=O)(=O)/N=C(/N=C(/N)SC)N2CCC(c3ccccc3)C(c3ccc(Cl)cc3)=N2)cc1. The largest absolute Gasteiger partial charge is 0.378 e. The quantitative estimate of drug-likeness (QED) is 0.262. The highest BCUT2D eigenvalue weighted by Gasteiger charge is 2.29. The van der Waals surface area contributed by atoms with Crippen LogP contribution in [0, 0.1) is 6.57 Å². The van der Waals surface area contributed by atoms with Crippen LogP contribution in [0.5, 0.6) is 0 Å². The fraction of sp³-hybridized carbons (Fsp3) is 0.154. The van der Waals surface area contributed by atoms with Gasteiger partial charge in [-0.15, -0.1) is 4.40 Å². The van der Waals surface area contributed by atoms with Crippen LogP contribution in [-0.4, -0.2) is 43.1 Å². The van der Waals surface area contributed by atoms with Crippen LogP contribution in [0.25, 0.3) is 4.85 Å². The summed E-state index contributed by atoms with van der Waals surface area (Å²) in [5.41, 5.74) is 8.97. The van der Waals surface area contributed by atoms with Crippen molar-refractivity contribution in [3.8, 4) is 0 Å². The zero-order valence-electron chi connectivity index (χ0n) is 19.8. The average molecular weight is 551 g/mol. The lowest BCUT2D eigenvalue weighted by atomic mass is 9.86. The molecule has 8 nitrogen and oxygen atoms in total. The second-order valence-corrected chi connectivity index (χ2v) is 10.9. The second kappa shape index (κ2) is 11.6. The third kappa shape index (κ3) is 6.38. The lowest BCUT2D eigenvalue weighted by Crippen LogP contribution is -2.36. The molecule has 0 saturated carbocycles. The molecule has 0 amide bonds. The Labute approximate surface area is 225 Å². The summed E-state index contributed by atoms with van der Waals surface area (Å²) in [6, 6.07) is 22.9. The zero-order chi connectivity index (χ0) is 26.4. The summed E-state index contributed by atoms with van der Waals surface area (Å²) in [5, 5.41) is 7.05. The normalized spacial score (nSPS) is 16.7. The number of halogens is 1. The fourth-order valence-corrected chi connectivity index (χ4v) is 5.03. The van der Waals surface area contributed by atoms with E-state index in [4.69, 9.17) is 29.0 Å². The molecule has 0 spiro atoms. The molecule has 0 aliphatic carbocycles. The first-order valence-electron chi connectivity index (χ1n) is 11.2. The molecule has 3 aromatic carbocycles. The summed E-state index contributed by atoms with van der Waals surface area (Å²) in [6.45, 7) is 7.45. The van der Waals surface area contributed by atoms with Gasteiger partial charge >= 0.3 is 0 Å². The minimum absolute atomic E-state index is 0.0282. The maximum atomic E-state index is 13.2. The van der Waals surface area contributed by atoms with Gasteiger partial charge in [0.1, 0.15) is 0 Å². The van der Waals surface area contributed by atoms with E-state index >= 15 is 0 Å². The highest BCUT2D eigenvalue weighted by atomic mass is 35.5. The first-order chi connectivity index (χ1) is 17.8. The molecule has 0 radical (unpaired) electrons. The summed E-state index contributed by atoms with van der Waals surface area (Å²) in [4.78, 5) is 7.52. The topological polar surface area (TPSA) is 105 Å². The van der Waals surface area contributed by atoms with Gasteiger partial charge in [0.05, 0.1) is 17.2 Å². The van der Waals surface area contributed by atoms with Crippen LogP contribution in [0.4, 0.5) is 5.69 Å². The molecule has 0 bridgehead atoms. The number of hydrogen-bond donors (Lipinski definition) is 1. The van der Waals surface area contributed by atoms with Crippen molar-refractivity contribution in [2.45, 2.75) is 17.2 Å². The number of sulfonamides is 1. The monoisotopic (exact) mass is 550 g/mol. The number of rotatable bonds is 4. The van der Waals surface area contributed by atoms with Gasteiger partial charge < -0.3 is 5.73 Å². The molecule has 1 heterocycles. The Hall–Kier alpha value is -3.65. The van der Waals surface area contributed by atoms with Crippen molar-refractivity contribution in [1.29, 1.82) is 0 Å². The number of nitrogens with two attached hydrogens (primary N) is 1. The molecular formula is C26H23ClN6O2S2. The Morgan fingerprint density at radius 2 is 1.78 bits per heavy atom. The van der Waals surface area contributed by atoms with Crippen LogP contribution < -0.4 is 5.73 Å². The number of amidine groups is 1. The van der Waals surface area contributed by atoms with E-state index in [1.165, 1.54) is 41.0 Å². The molecule has 0 fully saturated rings. The Balaban J connectivity index is 1.82. The van der Waals surface area contributed by atoms with Crippen molar-refractivity contribution < 1.29 is 8.42 Å². The van der Waals surface area contributed by atoms with Crippen LogP contribution in [0.1, 0.15) is 23.5 Å². The van der Waals surface area contributed by atoms with Gasteiger partial charge in [0.2, 0.25) is 0 Å². The van der Waals surface area contributed by atoms with Gasteiger partial charge in [0, 0.05) is 17.5 Å². The van der Waals surface area contributed by atoms with Crippen molar-refractivity contribution in [2.75, 3.05) is 12.8 Å².